The molecule has 0 spiro atoms. The molecule has 0 aliphatic carbocycles. The number of nitrogens with one attached hydrogen (secondary N) is 1. The predicted octanol–water partition coefficient (Wildman–Crippen LogP) is 3.15. The van der Waals surface area contributed by atoms with E-state index in [0.717, 1.165) is 12.1 Å². The number of carbonyl (C=O) groups excluding carboxylic acids is 2. The van der Waals surface area contributed by atoms with Crippen molar-refractivity contribution in [1.82, 2.24) is 10.2 Å². The highest BCUT2D eigenvalue weighted by atomic mass is 19.2. The quantitative estimate of drug-likeness (QED) is 0.814. The minimum atomic E-state index is -1.66. The number of carbonyl (C=O) groups is 2. The number of benzene rings is 2. The van der Waals surface area contributed by atoms with E-state index >= 15 is 0 Å². The van der Waals surface area contributed by atoms with E-state index in [-0.39, 0.29) is 25.0 Å². The van der Waals surface area contributed by atoms with Gasteiger partial charge >= 0.3 is 0 Å². The average Bonchev–Trinajstić information content (AvgIpc) is 2.72. The van der Waals surface area contributed by atoms with Crippen LogP contribution in [0.15, 0.2) is 36.4 Å². The molecule has 0 aromatic heterocycles. The minimum absolute atomic E-state index is 0.170. The van der Waals surface area contributed by atoms with Crippen LogP contribution in [-0.2, 0) is 0 Å². The van der Waals surface area contributed by atoms with Crippen molar-refractivity contribution >= 4 is 11.8 Å². The van der Waals surface area contributed by atoms with Crippen LogP contribution in [0.1, 0.15) is 33.6 Å². The normalized spacial score (nSPS) is 14.6. The van der Waals surface area contributed by atoms with Crippen LogP contribution in [0.5, 0.6) is 5.75 Å². The van der Waals surface area contributed by atoms with Gasteiger partial charge in [0, 0.05) is 19.1 Å². The van der Waals surface area contributed by atoms with Crippen LogP contribution in [-0.4, -0.2) is 43.0 Å². The van der Waals surface area contributed by atoms with Crippen molar-refractivity contribution in [1.29, 1.82) is 0 Å². The molecule has 2 aromatic carbocycles. The summed E-state index contributed by atoms with van der Waals surface area (Å²) in [5, 5.41) is 2.90. The summed E-state index contributed by atoms with van der Waals surface area (Å²) in [6, 6.07) is 8.32. The van der Waals surface area contributed by atoms with Crippen molar-refractivity contribution in [3.63, 3.8) is 0 Å². The fourth-order valence-corrected chi connectivity index (χ4v) is 3.18. The maximum absolute atomic E-state index is 13.8. The molecule has 148 valence electrons. The van der Waals surface area contributed by atoms with Gasteiger partial charge in [-0.25, -0.2) is 13.2 Å². The molecule has 28 heavy (non-hydrogen) atoms. The standard InChI is InChI=1S/C20H19F3N2O3/c1-28-16-5-3-2-4-13(16)19(26)24-12-8-10-25(11-9-12)20(27)14-6-7-15(21)18(23)17(14)22/h2-7,12H,8-11H2,1H3,(H,24,26). The van der Waals surface area contributed by atoms with Crippen molar-refractivity contribution < 1.29 is 27.5 Å². The first kappa shape index (κ1) is 19.7. The molecule has 5 nitrogen and oxygen atoms in total. The molecule has 8 heteroatoms. The number of nitrogens with zero attached hydrogens (tertiary/aromatic N) is 1. The Balaban J connectivity index is 1.61. The maximum atomic E-state index is 13.8. The van der Waals surface area contributed by atoms with Crippen molar-refractivity contribution in [2.45, 2.75) is 18.9 Å². The summed E-state index contributed by atoms with van der Waals surface area (Å²) in [6.45, 7) is 0.516. The zero-order valence-electron chi connectivity index (χ0n) is 15.2. The number of rotatable bonds is 4. The Morgan fingerprint density at radius 2 is 1.68 bits per heavy atom. The van der Waals surface area contributed by atoms with Gasteiger partial charge in [-0.2, -0.15) is 0 Å². The Bertz CT molecular complexity index is 896. The summed E-state index contributed by atoms with van der Waals surface area (Å²) in [5.74, 6) is -5.02. The Hall–Kier alpha value is -3.03. The SMILES string of the molecule is COc1ccccc1C(=O)NC1CCN(C(=O)c2ccc(F)c(F)c2F)CC1. The highest BCUT2D eigenvalue weighted by Gasteiger charge is 2.28. The van der Waals surface area contributed by atoms with E-state index in [9.17, 15) is 22.8 Å². The molecule has 1 aliphatic heterocycles. The van der Waals surface area contributed by atoms with Gasteiger partial charge in [0.05, 0.1) is 18.2 Å². The highest BCUT2D eigenvalue weighted by molar-refractivity contribution is 5.97. The van der Waals surface area contributed by atoms with Crippen LogP contribution in [0.25, 0.3) is 0 Å². The fourth-order valence-electron chi connectivity index (χ4n) is 3.18. The highest BCUT2D eigenvalue weighted by Crippen LogP contribution is 2.21. The van der Waals surface area contributed by atoms with Gasteiger partial charge in [0.25, 0.3) is 11.8 Å². The molecule has 1 aliphatic rings. The molecule has 3 rings (SSSR count). The first-order valence-corrected chi connectivity index (χ1v) is 8.79. The number of halogens is 3. The predicted molar refractivity (Wildman–Crippen MR) is 95.7 cm³/mol. The number of para-hydroxylation sites is 1. The van der Waals surface area contributed by atoms with E-state index in [2.05, 4.69) is 5.32 Å². The second-order valence-electron chi connectivity index (χ2n) is 6.46. The maximum Gasteiger partial charge on any atom is 0.256 e. The van der Waals surface area contributed by atoms with Crippen molar-refractivity contribution in [3.8, 4) is 5.75 Å². The van der Waals surface area contributed by atoms with E-state index in [4.69, 9.17) is 4.74 Å². The van der Waals surface area contributed by atoms with E-state index in [1.807, 2.05) is 0 Å². The molecule has 1 N–H and O–H groups in total. The number of ether oxygens (including phenoxy) is 1. The summed E-state index contributed by atoms with van der Waals surface area (Å²) in [5.41, 5.74) is -0.0947. The minimum Gasteiger partial charge on any atom is -0.496 e. The molecule has 2 aromatic rings. The summed E-state index contributed by atoms with van der Waals surface area (Å²) in [6.07, 6.45) is 0.913. The van der Waals surface area contributed by atoms with E-state index < -0.39 is 28.9 Å². The van der Waals surface area contributed by atoms with Crippen LogP contribution in [0.3, 0.4) is 0 Å². The topological polar surface area (TPSA) is 58.6 Å². The number of hydrogen-bond acceptors (Lipinski definition) is 3. The smallest absolute Gasteiger partial charge is 0.256 e. The van der Waals surface area contributed by atoms with Gasteiger partial charge in [-0.1, -0.05) is 12.1 Å². The molecule has 1 saturated heterocycles. The Morgan fingerprint density at radius 1 is 1.00 bits per heavy atom. The van der Waals surface area contributed by atoms with Gasteiger partial charge in [-0.05, 0) is 37.1 Å². The van der Waals surface area contributed by atoms with Gasteiger partial charge < -0.3 is 15.0 Å². The molecule has 0 unspecified atom stereocenters. The van der Waals surface area contributed by atoms with Crippen molar-refractivity contribution in [2.75, 3.05) is 20.2 Å². The number of likely N-dealkylation sites (tertiary alicyclic amines) is 1. The second-order valence-corrected chi connectivity index (χ2v) is 6.46. The molecular formula is C20H19F3N2O3. The first-order chi connectivity index (χ1) is 13.4. The molecule has 1 heterocycles. The number of amides is 2. The zero-order chi connectivity index (χ0) is 20.3. The van der Waals surface area contributed by atoms with Gasteiger partial charge in [0.1, 0.15) is 5.75 Å². The third-order valence-electron chi connectivity index (χ3n) is 4.73. The second kappa shape index (κ2) is 8.33. The van der Waals surface area contributed by atoms with E-state index in [1.165, 1.54) is 12.0 Å². The third-order valence-corrected chi connectivity index (χ3v) is 4.73. The molecule has 0 radical (unpaired) electrons. The number of piperidine rings is 1. The number of methoxy groups -OCH3 is 1. The molecular weight excluding hydrogens is 373 g/mol. The fraction of sp³-hybridized carbons (Fsp3) is 0.300. The molecule has 0 bridgehead atoms. The molecule has 0 saturated carbocycles. The largest absolute Gasteiger partial charge is 0.496 e. The Labute approximate surface area is 160 Å². The van der Waals surface area contributed by atoms with Crippen molar-refractivity contribution in [2.24, 2.45) is 0 Å². The lowest BCUT2D eigenvalue weighted by molar-refractivity contribution is 0.0692. The first-order valence-electron chi connectivity index (χ1n) is 8.79. The van der Waals surface area contributed by atoms with E-state index in [0.29, 0.717) is 24.2 Å². The van der Waals surface area contributed by atoms with Crippen LogP contribution in [0.4, 0.5) is 13.2 Å². The average molecular weight is 392 g/mol. The van der Waals surface area contributed by atoms with Crippen LogP contribution < -0.4 is 10.1 Å². The van der Waals surface area contributed by atoms with Crippen LogP contribution >= 0.6 is 0 Å². The van der Waals surface area contributed by atoms with E-state index in [1.54, 1.807) is 24.3 Å². The summed E-state index contributed by atoms with van der Waals surface area (Å²) < 4.78 is 45.4. The Kier molecular flexibility index (Phi) is 5.87. The number of hydrogen-bond donors (Lipinski definition) is 1. The van der Waals surface area contributed by atoms with Gasteiger partial charge in [0.2, 0.25) is 0 Å². The van der Waals surface area contributed by atoms with Gasteiger partial charge in [-0.3, -0.25) is 9.59 Å². The van der Waals surface area contributed by atoms with Gasteiger partial charge in [0.15, 0.2) is 17.5 Å². The lowest BCUT2D eigenvalue weighted by atomic mass is 10.0. The Morgan fingerprint density at radius 3 is 2.36 bits per heavy atom. The summed E-state index contributed by atoms with van der Waals surface area (Å²) >= 11 is 0. The molecule has 0 atom stereocenters. The molecule has 1 fully saturated rings. The molecule has 2 amide bonds. The summed E-state index contributed by atoms with van der Waals surface area (Å²) in [7, 11) is 1.48. The van der Waals surface area contributed by atoms with Crippen LogP contribution in [0, 0.1) is 17.5 Å². The third kappa shape index (κ3) is 3.95. The van der Waals surface area contributed by atoms with Gasteiger partial charge in [-0.15, -0.1) is 0 Å². The lowest BCUT2D eigenvalue weighted by Gasteiger charge is -2.32. The summed E-state index contributed by atoms with van der Waals surface area (Å²) in [4.78, 5) is 26.2. The van der Waals surface area contributed by atoms with Crippen molar-refractivity contribution in [3.05, 3.63) is 65.0 Å². The van der Waals surface area contributed by atoms with Crippen LogP contribution in [0.2, 0.25) is 0 Å². The lowest BCUT2D eigenvalue weighted by Crippen LogP contribution is -2.46. The zero-order valence-corrected chi connectivity index (χ0v) is 15.2. The monoisotopic (exact) mass is 392 g/mol.